The van der Waals surface area contributed by atoms with Crippen LogP contribution in [0, 0.1) is 0 Å². The molecule has 0 saturated carbocycles. The number of nitrogens with zero attached hydrogens (tertiary/aromatic N) is 3. The van der Waals surface area contributed by atoms with Crippen LogP contribution >= 0.6 is 23.4 Å². The van der Waals surface area contributed by atoms with Crippen molar-refractivity contribution in [2.45, 2.75) is 57.8 Å². The summed E-state index contributed by atoms with van der Waals surface area (Å²) in [5.74, 6) is 1.55. The molecule has 1 atom stereocenters. The summed E-state index contributed by atoms with van der Waals surface area (Å²) < 4.78 is 8.09. The predicted molar refractivity (Wildman–Crippen MR) is 131 cm³/mol. The summed E-state index contributed by atoms with van der Waals surface area (Å²) >= 11 is 7.44. The van der Waals surface area contributed by atoms with E-state index in [9.17, 15) is 4.79 Å². The molecule has 0 fully saturated rings. The number of benzene rings is 2. The monoisotopic (exact) mass is 472 g/mol. The summed E-state index contributed by atoms with van der Waals surface area (Å²) in [6.07, 6.45) is -0.283. The summed E-state index contributed by atoms with van der Waals surface area (Å²) in [4.78, 5) is 12.3. The Morgan fingerprint density at radius 2 is 1.84 bits per heavy atom. The van der Waals surface area contributed by atoms with Gasteiger partial charge in [0, 0.05) is 6.54 Å². The van der Waals surface area contributed by atoms with E-state index in [0.29, 0.717) is 22.4 Å². The van der Waals surface area contributed by atoms with Gasteiger partial charge >= 0.3 is 0 Å². The Morgan fingerprint density at radius 3 is 2.47 bits per heavy atom. The molecule has 1 N–H and O–H groups in total. The molecule has 0 aliphatic carbocycles. The highest BCUT2D eigenvalue weighted by Gasteiger charge is 2.20. The fraction of sp³-hybridized carbons (Fsp3) is 0.375. The van der Waals surface area contributed by atoms with Gasteiger partial charge in [-0.05, 0) is 49.1 Å². The Morgan fingerprint density at radius 1 is 1.16 bits per heavy atom. The standard InChI is InChI=1S/C24H29ClN4O2S/c1-6-29-22(16(2)31-18-13-11-17(12-14-18)24(3,4)5)27-28-23(29)32-15-21(30)26-20-10-8-7-9-19(20)25/h7-14,16H,6,15H2,1-5H3,(H,26,30). The average Bonchev–Trinajstić information content (AvgIpc) is 3.17. The zero-order valence-electron chi connectivity index (χ0n) is 19.1. The molecule has 0 spiro atoms. The highest BCUT2D eigenvalue weighted by molar-refractivity contribution is 7.99. The number of nitrogens with one attached hydrogen (secondary N) is 1. The summed E-state index contributed by atoms with van der Waals surface area (Å²) in [7, 11) is 0. The van der Waals surface area contributed by atoms with Crippen LogP contribution in [-0.4, -0.2) is 26.4 Å². The van der Waals surface area contributed by atoms with Crippen LogP contribution in [-0.2, 0) is 16.8 Å². The summed E-state index contributed by atoms with van der Waals surface area (Å²) in [5, 5.41) is 12.6. The molecule has 0 saturated heterocycles. The van der Waals surface area contributed by atoms with E-state index in [0.717, 1.165) is 11.6 Å². The van der Waals surface area contributed by atoms with Gasteiger partial charge in [0.15, 0.2) is 17.1 Å². The average molecular weight is 473 g/mol. The summed E-state index contributed by atoms with van der Waals surface area (Å²) in [6.45, 7) is 11.2. The molecule has 0 bridgehead atoms. The molecule has 3 aromatic rings. The van der Waals surface area contributed by atoms with E-state index in [4.69, 9.17) is 16.3 Å². The van der Waals surface area contributed by atoms with E-state index in [1.54, 1.807) is 12.1 Å². The van der Waals surface area contributed by atoms with E-state index in [-0.39, 0.29) is 23.2 Å². The molecular formula is C24H29ClN4O2S. The largest absolute Gasteiger partial charge is 0.483 e. The highest BCUT2D eigenvalue weighted by Crippen LogP contribution is 2.28. The first kappa shape index (κ1) is 24.1. The number of carbonyl (C=O) groups is 1. The smallest absolute Gasteiger partial charge is 0.234 e. The first-order valence-electron chi connectivity index (χ1n) is 10.6. The van der Waals surface area contributed by atoms with Gasteiger partial charge in [0.2, 0.25) is 5.91 Å². The fourth-order valence-electron chi connectivity index (χ4n) is 3.17. The second-order valence-corrected chi connectivity index (χ2v) is 9.79. The van der Waals surface area contributed by atoms with Crippen LogP contribution in [0.25, 0.3) is 0 Å². The molecule has 2 aromatic carbocycles. The number of carbonyl (C=O) groups excluding carboxylic acids is 1. The number of hydrogen-bond donors (Lipinski definition) is 1. The fourth-order valence-corrected chi connectivity index (χ4v) is 4.17. The molecule has 0 radical (unpaired) electrons. The number of thioether (sulfide) groups is 1. The number of amides is 1. The number of anilines is 1. The zero-order valence-corrected chi connectivity index (χ0v) is 20.6. The van der Waals surface area contributed by atoms with Crippen molar-refractivity contribution in [2.75, 3.05) is 11.1 Å². The van der Waals surface area contributed by atoms with Gasteiger partial charge in [-0.25, -0.2) is 0 Å². The molecule has 1 heterocycles. The topological polar surface area (TPSA) is 69.0 Å². The lowest BCUT2D eigenvalue weighted by atomic mass is 9.87. The van der Waals surface area contributed by atoms with Gasteiger partial charge in [0.25, 0.3) is 0 Å². The van der Waals surface area contributed by atoms with Gasteiger partial charge in [-0.15, -0.1) is 10.2 Å². The van der Waals surface area contributed by atoms with Gasteiger partial charge in [-0.2, -0.15) is 0 Å². The van der Waals surface area contributed by atoms with Crippen molar-refractivity contribution < 1.29 is 9.53 Å². The summed E-state index contributed by atoms with van der Waals surface area (Å²) in [5.41, 5.74) is 1.94. The number of para-hydroxylation sites is 1. The van der Waals surface area contributed by atoms with Crippen LogP contribution < -0.4 is 10.1 Å². The number of halogens is 1. The Hall–Kier alpha value is -2.51. The molecule has 1 amide bonds. The first-order chi connectivity index (χ1) is 15.2. The Bertz CT molecular complexity index is 1060. The van der Waals surface area contributed by atoms with E-state index in [1.165, 1.54) is 17.3 Å². The van der Waals surface area contributed by atoms with Crippen molar-refractivity contribution in [3.8, 4) is 5.75 Å². The lowest BCUT2D eigenvalue weighted by Crippen LogP contribution is -2.15. The van der Waals surface area contributed by atoms with E-state index in [1.807, 2.05) is 42.7 Å². The van der Waals surface area contributed by atoms with Crippen LogP contribution in [0.15, 0.2) is 53.7 Å². The van der Waals surface area contributed by atoms with Crippen molar-refractivity contribution in [3.63, 3.8) is 0 Å². The number of rotatable bonds is 8. The molecule has 1 aromatic heterocycles. The minimum Gasteiger partial charge on any atom is -0.483 e. The third kappa shape index (κ3) is 6.04. The van der Waals surface area contributed by atoms with E-state index >= 15 is 0 Å². The molecule has 8 heteroatoms. The molecular weight excluding hydrogens is 444 g/mol. The first-order valence-corrected chi connectivity index (χ1v) is 11.9. The maximum absolute atomic E-state index is 12.3. The second-order valence-electron chi connectivity index (χ2n) is 8.44. The second kappa shape index (κ2) is 10.4. The maximum Gasteiger partial charge on any atom is 0.234 e. The van der Waals surface area contributed by atoms with Crippen LogP contribution in [0.1, 0.15) is 52.1 Å². The van der Waals surface area contributed by atoms with Crippen LogP contribution in [0.4, 0.5) is 5.69 Å². The minimum absolute atomic E-state index is 0.0940. The van der Waals surface area contributed by atoms with Crippen LogP contribution in [0.2, 0.25) is 5.02 Å². The highest BCUT2D eigenvalue weighted by atomic mass is 35.5. The third-order valence-corrected chi connectivity index (χ3v) is 6.24. The number of ether oxygens (including phenoxy) is 1. The zero-order chi connectivity index (χ0) is 23.3. The minimum atomic E-state index is -0.283. The number of aromatic nitrogens is 3. The van der Waals surface area contributed by atoms with Crippen molar-refractivity contribution in [2.24, 2.45) is 0 Å². The molecule has 0 aliphatic heterocycles. The SMILES string of the molecule is CCn1c(SCC(=O)Nc2ccccc2Cl)nnc1C(C)Oc1ccc(C(C)(C)C)cc1. The molecule has 6 nitrogen and oxygen atoms in total. The van der Waals surface area contributed by atoms with Crippen LogP contribution in [0.3, 0.4) is 0 Å². The third-order valence-electron chi connectivity index (χ3n) is 4.94. The van der Waals surface area contributed by atoms with Gasteiger partial charge in [0.05, 0.1) is 16.5 Å². The lowest BCUT2D eigenvalue weighted by molar-refractivity contribution is -0.113. The normalized spacial score (nSPS) is 12.4. The Balaban J connectivity index is 1.63. The van der Waals surface area contributed by atoms with Crippen molar-refractivity contribution >= 4 is 35.0 Å². The van der Waals surface area contributed by atoms with Crippen LogP contribution in [0.5, 0.6) is 5.75 Å². The van der Waals surface area contributed by atoms with E-state index in [2.05, 4.69) is 48.4 Å². The number of hydrogen-bond acceptors (Lipinski definition) is 5. The Labute approximate surface area is 198 Å². The lowest BCUT2D eigenvalue weighted by Gasteiger charge is -2.20. The van der Waals surface area contributed by atoms with Crippen molar-refractivity contribution in [3.05, 3.63) is 64.9 Å². The van der Waals surface area contributed by atoms with E-state index < -0.39 is 0 Å². The maximum atomic E-state index is 12.3. The molecule has 3 rings (SSSR count). The quantitative estimate of drug-likeness (QED) is 0.400. The molecule has 0 aliphatic rings. The van der Waals surface area contributed by atoms with Gasteiger partial charge in [0.1, 0.15) is 5.75 Å². The molecule has 1 unspecified atom stereocenters. The summed E-state index contributed by atoms with van der Waals surface area (Å²) in [6, 6.07) is 15.3. The predicted octanol–water partition coefficient (Wildman–Crippen LogP) is 6.12. The van der Waals surface area contributed by atoms with Crippen molar-refractivity contribution in [1.82, 2.24) is 14.8 Å². The van der Waals surface area contributed by atoms with Crippen molar-refractivity contribution in [1.29, 1.82) is 0 Å². The Kier molecular flexibility index (Phi) is 7.85. The van der Waals surface area contributed by atoms with Gasteiger partial charge < -0.3 is 14.6 Å². The van der Waals surface area contributed by atoms with Gasteiger partial charge in [-0.1, -0.05) is 68.4 Å². The molecule has 170 valence electrons. The van der Waals surface area contributed by atoms with Gasteiger partial charge in [-0.3, -0.25) is 4.79 Å². The molecule has 32 heavy (non-hydrogen) atoms.